The van der Waals surface area contributed by atoms with Crippen molar-refractivity contribution < 1.29 is 29.0 Å². The van der Waals surface area contributed by atoms with Crippen LogP contribution in [0.2, 0.25) is 0 Å². The Morgan fingerprint density at radius 2 is 1.89 bits per heavy atom. The molecule has 0 radical (unpaired) electrons. The highest BCUT2D eigenvalue weighted by atomic mass is 16.6. The number of cyclic esters (lactones) is 1. The lowest BCUT2D eigenvalue weighted by molar-refractivity contribution is -0.189. The first kappa shape index (κ1) is 21.5. The molecule has 2 fully saturated rings. The molecule has 2 N–H and O–H groups in total. The van der Waals surface area contributed by atoms with Gasteiger partial charge in [-0.25, -0.2) is 4.79 Å². The van der Waals surface area contributed by atoms with Gasteiger partial charge in [-0.3, -0.25) is 9.59 Å². The average molecular weight is 384 g/mol. The molecule has 27 heavy (non-hydrogen) atoms. The van der Waals surface area contributed by atoms with Crippen LogP contribution in [0, 0.1) is 11.8 Å². The second-order valence-corrected chi connectivity index (χ2v) is 9.00. The normalized spacial score (nSPS) is 29.6. The Morgan fingerprint density at radius 3 is 2.30 bits per heavy atom. The molecule has 0 aliphatic carbocycles. The van der Waals surface area contributed by atoms with Crippen LogP contribution in [0.1, 0.15) is 54.9 Å². The number of nitrogens with zero attached hydrogens (tertiary/aromatic N) is 1. The van der Waals surface area contributed by atoms with Gasteiger partial charge in [0.05, 0.1) is 24.7 Å². The third-order valence-corrected chi connectivity index (χ3v) is 5.07. The third kappa shape index (κ3) is 3.77. The SMILES string of the molecule is CC(C)[C@H](O)[C@]1(NC(=O)OC(C)(C)C)C(=O)N(C(C)C)[C@H]1[C@H]1CCOC1=O. The van der Waals surface area contributed by atoms with Gasteiger partial charge in [-0.15, -0.1) is 0 Å². The van der Waals surface area contributed by atoms with Crippen molar-refractivity contribution in [3.63, 3.8) is 0 Å². The monoisotopic (exact) mass is 384 g/mol. The topological polar surface area (TPSA) is 105 Å². The van der Waals surface area contributed by atoms with E-state index in [1.165, 1.54) is 0 Å². The van der Waals surface area contributed by atoms with E-state index < -0.39 is 47.2 Å². The average Bonchev–Trinajstić information content (AvgIpc) is 2.91. The van der Waals surface area contributed by atoms with E-state index in [9.17, 15) is 19.5 Å². The summed E-state index contributed by atoms with van der Waals surface area (Å²) in [5.74, 6) is -1.75. The van der Waals surface area contributed by atoms with Crippen LogP contribution in [-0.2, 0) is 19.1 Å². The molecule has 2 aliphatic heterocycles. The summed E-state index contributed by atoms with van der Waals surface area (Å²) in [7, 11) is 0. The number of esters is 1. The Labute approximate surface area is 160 Å². The molecule has 0 spiro atoms. The van der Waals surface area contributed by atoms with E-state index in [2.05, 4.69) is 5.32 Å². The van der Waals surface area contributed by atoms with E-state index in [0.29, 0.717) is 6.42 Å². The quantitative estimate of drug-likeness (QED) is 0.549. The van der Waals surface area contributed by atoms with Crippen LogP contribution < -0.4 is 5.32 Å². The summed E-state index contributed by atoms with van der Waals surface area (Å²) in [5.41, 5.74) is -2.38. The molecule has 0 aromatic carbocycles. The first-order valence-electron chi connectivity index (χ1n) is 9.51. The van der Waals surface area contributed by atoms with Gasteiger partial charge in [0.25, 0.3) is 5.91 Å². The highest BCUT2D eigenvalue weighted by Crippen LogP contribution is 2.44. The smallest absolute Gasteiger partial charge is 0.408 e. The number of carbonyl (C=O) groups excluding carboxylic acids is 3. The number of amides is 2. The molecule has 2 amide bonds. The van der Waals surface area contributed by atoms with Crippen LogP contribution in [0.15, 0.2) is 0 Å². The van der Waals surface area contributed by atoms with Crippen molar-refractivity contribution >= 4 is 18.0 Å². The van der Waals surface area contributed by atoms with Gasteiger partial charge < -0.3 is 24.8 Å². The molecule has 8 nitrogen and oxygen atoms in total. The molecule has 0 aromatic heterocycles. The predicted molar refractivity (Wildman–Crippen MR) is 97.8 cm³/mol. The van der Waals surface area contributed by atoms with Gasteiger partial charge in [-0.05, 0) is 47.0 Å². The van der Waals surface area contributed by atoms with E-state index >= 15 is 0 Å². The van der Waals surface area contributed by atoms with Crippen molar-refractivity contribution in [1.82, 2.24) is 10.2 Å². The number of β-lactam (4-membered cyclic amide) rings is 1. The van der Waals surface area contributed by atoms with Crippen LogP contribution in [0.3, 0.4) is 0 Å². The summed E-state index contributed by atoms with van der Waals surface area (Å²) in [6.45, 7) is 12.6. The van der Waals surface area contributed by atoms with E-state index in [0.717, 1.165) is 0 Å². The number of nitrogens with one attached hydrogen (secondary N) is 1. The molecular weight excluding hydrogens is 352 g/mol. The van der Waals surface area contributed by atoms with Gasteiger partial charge in [0.2, 0.25) is 0 Å². The van der Waals surface area contributed by atoms with Crippen molar-refractivity contribution in [1.29, 1.82) is 0 Å². The minimum atomic E-state index is -1.62. The number of aliphatic hydroxyl groups is 1. The van der Waals surface area contributed by atoms with Crippen LogP contribution in [0.25, 0.3) is 0 Å². The van der Waals surface area contributed by atoms with Gasteiger partial charge in [0.1, 0.15) is 5.60 Å². The van der Waals surface area contributed by atoms with Crippen molar-refractivity contribution in [2.45, 2.75) is 84.2 Å². The number of rotatable bonds is 5. The summed E-state index contributed by atoms with van der Waals surface area (Å²) in [5, 5.41) is 13.6. The van der Waals surface area contributed by atoms with Gasteiger partial charge in [-0.2, -0.15) is 0 Å². The van der Waals surface area contributed by atoms with Crippen LogP contribution >= 0.6 is 0 Å². The highest BCUT2D eigenvalue weighted by Gasteiger charge is 2.70. The van der Waals surface area contributed by atoms with Crippen molar-refractivity contribution in [2.75, 3.05) is 6.61 Å². The Morgan fingerprint density at radius 1 is 1.30 bits per heavy atom. The van der Waals surface area contributed by atoms with Crippen LogP contribution in [0.5, 0.6) is 0 Å². The minimum Gasteiger partial charge on any atom is -0.465 e. The Bertz CT molecular complexity index is 610. The van der Waals surface area contributed by atoms with Gasteiger partial charge in [0, 0.05) is 6.04 Å². The summed E-state index contributed by atoms with van der Waals surface area (Å²) < 4.78 is 10.4. The maximum absolute atomic E-state index is 13.2. The van der Waals surface area contributed by atoms with E-state index in [1.807, 2.05) is 13.8 Å². The van der Waals surface area contributed by atoms with Crippen LogP contribution in [-0.4, -0.2) is 63.9 Å². The first-order chi connectivity index (χ1) is 12.3. The molecule has 4 atom stereocenters. The summed E-state index contributed by atoms with van der Waals surface area (Å²) in [6, 6.07) is -0.881. The summed E-state index contributed by atoms with van der Waals surface area (Å²) in [6.07, 6.45) is -1.54. The Balaban J connectivity index is 2.47. The first-order valence-corrected chi connectivity index (χ1v) is 9.51. The predicted octanol–water partition coefficient (Wildman–Crippen LogP) is 1.45. The fourth-order valence-corrected chi connectivity index (χ4v) is 3.99. The number of hydrogen-bond acceptors (Lipinski definition) is 6. The number of hydrogen-bond donors (Lipinski definition) is 2. The van der Waals surface area contributed by atoms with Gasteiger partial charge >= 0.3 is 12.1 Å². The Hall–Kier alpha value is -1.83. The van der Waals surface area contributed by atoms with E-state index in [1.54, 1.807) is 39.5 Å². The molecule has 154 valence electrons. The second-order valence-electron chi connectivity index (χ2n) is 9.00. The molecule has 2 rings (SSSR count). The molecule has 0 unspecified atom stereocenters. The molecular formula is C19H32N2O6. The molecule has 2 saturated heterocycles. The fraction of sp³-hybridized carbons (Fsp3) is 0.842. The molecule has 0 saturated carbocycles. The van der Waals surface area contributed by atoms with E-state index in [-0.39, 0.29) is 18.6 Å². The maximum Gasteiger partial charge on any atom is 0.408 e. The standard InChI is InChI=1S/C19H32N2O6/c1-10(2)14(22)19(20-17(25)27-18(5,6)7)13(12-8-9-26-15(12)23)21(11(3)4)16(19)24/h10-14,22H,8-9H2,1-7H3,(H,20,25)/t12-,13+,14+,19+/m1/s1. The highest BCUT2D eigenvalue weighted by molar-refractivity contribution is 5.99. The second kappa shape index (κ2) is 7.30. The zero-order valence-corrected chi connectivity index (χ0v) is 17.2. The Kier molecular flexibility index (Phi) is 5.80. The summed E-state index contributed by atoms with van der Waals surface area (Å²) >= 11 is 0. The lowest BCUT2D eigenvalue weighted by Gasteiger charge is -2.61. The zero-order chi connectivity index (χ0) is 20.7. The van der Waals surface area contributed by atoms with Crippen molar-refractivity contribution in [3.8, 4) is 0 Å². The van der Waals surface area contributed by atoms with Gasteiger partial charge in [0.15, 0.2) is 5.54 Å². The van der Waals surface area contributed by atoms with Crippen molar-refractivity contribution in [3.05, 3.63) is 0 Å². The third-order valence-electron chi connectivity index (χ3n) is 5.07. The molecule has 2 heterocycles. The molecule has 8 heteroatoms. The number of alkyl carbamates (subject to hydrolysis) is 1. The lowest BCUT2D eigenvalue weighted by Crippen LogP contribution is -2.87. The number of likely N-dealkylation sites (tertiary alicyclic amines) is 1. The number of aliphatic hydroxyl groups excluding tert-OH is 1. The maximum atomic E-state index is 13.2. The van der Waals surface area contributed by atoms with Crippen molar-refractivity contribution in [2.24, 2.45) is 11.8 Å². The molecule has 2 aliphatic rings. The molecule has 0 bridgehead atoms. The fourth-order valence-electron chi connectivity index (χ4n) is 3.99. The number of carbonyl (C=O) groups is 3. The zero-order valence-electron chi connectivity index (χ0n) is 17.2. The largest absolute Gasteiger partial charge is 0.465 e. The van der Waals surface area contributed by atoms with Gasteiger partial charge in [-0.1, -0.05) is 13.8 Å². The molecule has 0 aromatic rings. The lowest BCUT2D eigenvalue weighted by atomic mass is 9.65. The number of ether oxygens (including phenoxy) is 2. The van der Waals surface area contributed by atoms with E-state index in [4.69, 9.17) is 9.47 Å². The van der Waals surface area contributed by atoms with Crippen LogP contribution in [0.4, 0.5) is 4.79 Å². The summed E-state index contributed by atoms with van der Waals surface area (Å²) in [4.78, 5) is 39.6. The minimum absolute atomic E-state index is 0.191.